The van der Waals surface area contributed by atoms with E-state index in [1.54, 1.807) is 4.68 Å². The molecule has 118 valence electrons. The van der Waals surface area contributed by atoms with Gasteiger partial charge in [0.25, 0.3) is 5.56 Å². The molecule has 22 heavy (non-hydrogen) atoms. The van der Waals surface area contributed by atoms with Gasteiger partial charge in [0, 0.05) is 0 Å². The summed E-state index contributed by atoms with van der Waals surface area (Å²) in [5, 5.41) is 4.06. The van der Waals surface area contributed by atoms with Gasteiger partial charge in [0.05, 0.1) is 13.2 Å². The number of benzene rings is 1. The van der Waals surface area contributed by atoms with E-state index in [-0.39, 0.29) is 11.0 Å². The first-order valence-electron chi connectivity index (χ1n) is 7.06. The molecule has 2 rings (SSSR count). The van der Waals surface area contributed by atoms with Gasteiger partial charge < -0.3 is 4.74 Å². The first-order chi connectivity index (χ1) is 10.3. The molecule has 1 atom stereocenters. The van der Waals surface area contributed by atoms with E-state index in [1.165, 1.54) is 12.5 Å². The van der Waals surface area contributed by atoms with E-state index in [0.29, 0.717) is 13.2 Å². The molecule has 0 aliphatic heterocycles. The Labute approximate surface area is 138 Å². The van der Waals surface area contributed by atoms with Gasteiger partial charge in [0.2, 0.25) is 0 Å². The molecule has 0 unspecified atom stereocenters. The molecule has 0 aliphatic carbocycles. The zero-order valence-corrected chi connectivity index (χ0v) is 14.6. The third-order valence-electron chi connectivity index (χ3n) is 2.94. The maximum Gasteiger partial charge on any atom is 0.291 e. The summed E-state index contributed by atoms with van der Waals surface area (Å²) in [4.78, 5) is 14.8. The molecule has 0 N–H and O–H groups in total. The van der Waals surface area contributed by atoms with E-state index in [2.05, 4.69) is 46.8 Å². The third kappa shape index (κ3) is 4.74. The molecule has 0 saturated heterocycles. The van der Waals surface area contributed by atoms with Crippen LogP contribution in [0.4, 0.5) is 0 Å². The van der Waals surface area contributed by atoms with Crippen LogP contribution in [0.1, 0.15) is 26.3 Å². The fourth-order valence-electron chi connectivity index (χ4n) is 1.84. The van der Waals surface area contributed by atoms with E-state index in [4.69, 9.17) is 4.74 Å². The molecule has 1 aromatic heterocycles. The number of hydrogen-bond donors (Lipinski definition) is 0. The van der Waals surface area contributed by atoms with Crippen molar-refractivity contribution in [2.75, 3.05) is 6.61 Å². The van der Waals surface area contributed by atoms with Crippen molar-refractivity contribution in [3.8, 4) is 0 Å². The summed E-state index contributed by atoms with van der Waals surface area (Å²) in [6.07, 6.45) is 2.61. The molecule has 6 heteroatoms. The Morgan fingerprint density at radius 2 is 1.91 bits per heavy atom. The van der Waals surface area contributed by atoms with Gasteiger partial charge >= 0.3 is 0 Å². The number of nitrogens with zero attached hydrogens (tertiary/aromatic N) is 3. The lowest BCUT2D eigenvalue weighted by atomic mass is 9.98. The molecule has 0 fully saturated rings. The first-order valence-corrected chi connectivity index (χ1v) is 7.85. The summed E-state index contributed by atoms with van der Waals surface area (Å²) in [6.45, 7) is 7.32. The minimum absolute atomic E-state index is 0.0308. The quantitative estimate of drug-likeness (QED) is 0.764. The van der Waals surface area contributed by atoms with Crippen molar-refractivity contribution >= 4 is 15.9 Å². The number of hydrogen-bond acceptors (Lipinski definition) is 4. The van der Waals surface area contributed by atoms with Crippen LogP contribution in [0.3, 0.4) is 0 Å². The van der Waals surface area contributed by atoms with Crippen molar-refractivity contribution in [2.24, 2.45) is 5.41 Å². The Hall–Kier alpha value is -1.53. The Kier molecular flexibility index (Phi) is 5.13. The number of halogens is 1. The second kappa shape index (κ2) is 6.71. The van der Waals surface area contributed by atoms with Gasteiger partial charge in [-0.2, -0.15) is 10.1 Å². The summed E-state index contributed by atoms with van der Waals surface area (Å²) >= 11 is 3.71. The Balaban J connectivity index is 2.28. The zero-order chi connectivity index (χ0) is 16.2. The monoisotopic (exact) mass is 365 g/mol. The van der Waals surface area contributed by atoms with E-state index in [1.807, 2.05) is 30.3 Å². The molecule has 0 bridgehead atoms. The summed E-state index contributed by atoms with van der Waals surface area (Å²) in [6, 6.07) is 9.87. The van der Waals surface area contributed by atoms with Crippen LogP contribution in [-0.2, 0) is 15.8 Å². The van der Waals surface area contributed by atoms with Crippen LogP contribution in [-0.4, -0.2) is 21.4 Å². The van der Waals surface area contributed by atoms with Gasteiger partial charge in [0.15, 0.2) is 4.51 Å². The smallest absolute Gasteiger partial charge is 0.291 e. The summed E-state index contributed by atoms with van der Waals surface area (Å²) < 4.78 is 7.02. The number of aromatic nitrogens is 3. The molecule has 0 amide bonds. The lowest BCUT2D eigenvalue weighted by Gasteiger charge is -2.32. The topological polar surface area (TPSA) is 57.0 Å². The molecule has 0 radical (unpaired) electrons. The second-order valence-corrected chi connectivity index (χ2v) is 7.65. The van der Waals surface area contributed by atoms with Crippen molar-refractivity contribution in [1.82, 2.24) is 14.8 Å². The Morgan fingerprint density at radius 1 is 1.23 bits per heavy atom. The van der Waals surface area contributed by atoms with Crippen molar-refractivity contribution in [2.45, 2.75) is 31.8 Å². The number of ether oxygens (including phenoxy) is 1. The van der Waals surface area contributed by atoms with Crippen LogP contribution in [0.5, 0.6) is 0 Å². The van der Waals surface area contributed by atoms with Gasteiger partial charge in [-0.1, -0.05) is 51.1 Å². The second-order valence-electron chi connectivity index (χ2n) is 6.37. The largest absolute Gasteiger partial charge is 0.357 e. The molecule has 0 saturated carbocycles. The van der Waals surface area contributed by atoms with Gasteiger partial charge in [-0.15, -0.1) is 0 Å². The summed E-state index contributed by atoms with van der Waals surface area (Å²) in [7, 11) is 0. The predicted molar refractivity (Wildman–Crippen MR) is 88.7 cm³/mol. The van der Waals surface area contributed by atoms with E-state index < -0.39 is 4.51 Å². The average molecular weight is 366 g/mol. The van der Waals surface area contributed by atoms with Gasteiger partial charge in [0.1, 0.15) is 12.5 Å². The van der Waals surface area contributed by atoms with Crippen molar-refractivity contribution in [3.63, 3.8) is 0 Å². The van der Waals surface area contributed by atoms with Crippen LogP contribution < -0.4 is 5.56 Å². The van der Waals surface area contributed by atoms with Crippen LogP contribution in [0, 0.1) is 5.41 Å². The highest BCUT2D eigenvalue weighted by atomic mass is 79.9. The minimum atomic E-state index is -0.731. The highest BCUT2D eigenvalue weighted by Crippen LogP contribution is 2.36. The first kappa shape index (κ1) is 16.8. The SMILES string of the molecule is CC(C)(C)CO[C@@](Br)(Cn1cnc(=O)cn1)c1ccccc1. The van der Waals surface area contributed by atoms with Crippen molar-refractivity contribution < 1.29 is 4.74 Å². The molecule has 1 heterocycles. The van der Waals surface area contributed by atoms with Gasteiger partial charge in [-0.25, -0.2) is 0 Å². The fourth-order valence-corrected chi connectivity index (χ4v) is 2.47. The number of alkyl halides is 1. The van der Waals surface area contributed by atoms with Crippen molar-refractivity contribution in [3.05, 3.63) is 58.8 Å². The molecule has 5 nitrogen and oxygen atoms in total. The molecule has 0 spiro atoms. The van der Waals surface area contributed by atoms with Gasteiger partial charge in [-0.05, 0) is 26.9 Å². The van der Waals surface area contributed by atoms with Crippen molar-refractivity contribution in [1.29, 1.82) is 0 Å². The summed E-state index contributed by atoms with van der Waals surface area (Å²) in [5.74, 6) is 0. The Bertz CT molecular complexity index is 647. The molecular weight excluding hydrogens is 346 g/mol. The molecular formula is C16H20BrN3O2. The van der Waals surface area contributed by atoms with E-state index in [9.17, 15) is 4.79 Å². The maximum atomic E-state index is 11.1. The highest BCUT2D eigenvalue weighted by Gasteiger charge is 2.32. The van der Waals surface area contributed by atoms with E-state index >= 15 is 0 Å². The van der Waals surface area contributed by atoms with Crippen LogP contribution in [0.15, 0.2) is 47.7 Å². The zero-order valence-electron chi connectivity index (χ0n) is 13.0. The van der Waals surface area contributed by atoms with Gasteiger partial charge in [-0.3, -0.25) is 9.48 Å². The highest BCUT2D eigenvalue weighted by molar-refractivity contribution is 9.09. The Morgan fingerprint density at radius 3 is 2.45 bits per heavy atom. The third-order valence-corrected chi connectivity index (χ3v) is 3.88. The molecule has 1 aromatic carbocycles. The maximum absolute atomic E-state index is 11.1. The molecule has 0 aliphatic rings. The normalized spacial score (nSPS) is 14.5. The standard InChI is InChI=1S/C16H20BrN3O2/c1-15(2,3)11-22-16(17,13-7-5-4-6-8-13)10-20-12-18-14(21)9-19-20/h4-9,12H,10-11H2,1-3H3/t16-/m0/s1. The van der Waals surface area contributed by atoms with Crippen LogP contribution in [0.2, 0.25) is 0 Å². The molecule has 2 aromatic rings. The summed E-state index contributed by atoms with van der Waals surface area (Å²) in [5.41, 5.74) is 0.662. The fraction of sp³-hybridized carbons (Fsp3) is 0.438. The van der Waals surface area contributed by atoms with E-state index in [0.717, 1.165) is 5.56 Å². The van der Waals surface area contributed by atoms with Crippen LogP contribution >= 0.6 is 15.9 Å². The minimum Gasteiger partial charge on any atom is -0.357 e. The predicted octanol–water partition coefficient (Wildman–Crippen LogP) is 2.95. The lowest BCUT2D eigenvalue weighted by Crippen LogP contribution is -2.33. The average Bonchev–Trinajstić information content (AvgIpc) is 2.48. The van der Waals surface area contributed by atoms with Crippen LogP contribution in [0.25, 0.3) is 0 Å². The number of rotatable bonds is 5. The lowest BCUT2D eigenvalue weighted by molar-refractivity contribution is -0.0240.